The van der Waals surface area contributed by atoms with Gasteiger partial charge in [0.25, 0.3) is 5.91 Å². The number of ether oxygens (including phenoxy) is 2. The van der Waals surface area contributed by atoms with Gasteiger partial charge in [-0.05, 0) is 55.0 Å². The highest BCUT2D eigenvalue weighted by Gasteiger charge is 2.20. The lowest BCUT2D eigenvalue weighted by atomic mass is 10.1. The van der Waals surface area contributed by atoms with Crippen LogP contribution in [0.15, 0.2) is 42.5 Å². The number of benzene rings is 2. The Hall–Kier alpha value is -2.79. The van der Waals surface area contributed by atoms with Crippen molar-refractivity contribution >= 4 is 34.4 Å². The van der Waals surface area contributed by atoms with Crippen molar-refractivity contribution in [3.8, 4) is 5.75 Å². The molecule has 0 spiro atoms. The Morgan fingerprint density at radius 2 is 1.81 bits per heavy atom. The highest BCUT2D eigenvalue weighted by molar-refractivity contribution is 6.30. The Labute approximate surface area is 162 Å². The van der Waals surface area contributed by atoms with E-state index in [4.69, 9.17) is 21.1 Å². The SMILES string of the molecule is COc1ccc2c(c1)c(CCOC(C)=O)c(C)n2C(=O)c1ccc(Cl)cc1. The van der Waals surface area contributed by atoms with Crippen LogP contribution in [-0.4, -0.2) is 30.2 Å². The summed E-state index contributed by atoms with van der Waals surface area (Å²) in [6.45, 7) is 3.52. The normalized spacial score (nSPS) is 10.8. The summed E-state index contributed by atoms with van der Waals surface area (Å²) in [5.41, 5.74) is 3.09. The predicted octanol–water partition coefficient (Wildman–Crippen LogP) is 4.41. The lowest BCUT2D eigenvalue weighted by Gasteiger charge is -2.08. The molecule has 0 unspecified atom stereocenters. The maximum Gasteiger partial charge on any atom is 0.302 e. The van der Waals surface area contributed by atoms with Crippen molar-refractivity contribution in [3.63, 3.8) is 0 Å². The van der Waals surface area contributed by atoms with Gasteiger partial charge in [0.2, 0.25) is 0 Å². The summed E-state index contributed by atoms with van der Waals surface area (Å²) in [5.74, 6) is 0.233. The summed E-state index contributed by atoms with van der Waals surface area (Å²) < 4.78 is 12.1. The number of halogens is 1. The second kappa shape index (κ2) is 7.84. The van der Waals surface area contributed by atoms with Gasteiger partial charge in [0.05, 0.1) is 19.2 Å². The molecule has 0 N–H and O–H groups in total. The molecule has 5 nitrogen and oxygen atoms in total. The molecule has 0 aliphatic rings. The smallest absolute Gasteiger partial charge is 0.302 e. The first-order valence-electron chi connectivity index (χ1n) is 8.54. The highest BCUT2D eigenvalue weighted by Crippen LogP contribution is 2.30. The molecule has 3 rings (SSSR count). The minimum Gasteiger partial charge on any atom is -0.497 e. The molecule has 0 aliphatic heterocycles. The largest absolute Gasteiger partial charge is 0.497 e. The lowest BCUT2D eigenvalue weighted by Crippen LogP contribution is -2.14. The minimum absolute atomic E-state index is 0.141. The van der Waals surface area contributed by atoms with Crippen LogP contribution in [0.25, 0.3) is 10.9 Å². The van der Waals surface area contributed by atoms with Crippen LogP contribution in [0.4, 0.5) is 0 Å². The summed E-state index contributed by atoms with van der Waals surface area (Å²) in [6, 6.07) is 12.4. The first kappa shape index (κ1) is 19.0. The van der Waals surface area contributed by atoms with E-state index in [1.807, 2.05) is 25.1 Å². The molecule has 6 heteroatoms. The van der Waals surface area contributed by atoms with E-state index in [-0.39, 0.29) is 18.5 Å². The molecule has 0 aliphatic carbocycles. The molecule has 2 aromatic carbocycles. The van der Waals surface area contributed by atoms with Crippen LogP contribution in [0, 0.1) is 6.92 Å². The van der Waals surface area contributed by atoms with E-state index in [1.54, 1.807) is 35.9 Å². The monoisotopic (exact) mass is 385 g/mol. The number of hydrogen-bond acceptors (Lipinski definition) is 4. The third kappa shape index (κ3) is 3.83. The number of carbonyl (C=O) groups excluding carboxylic acids is 2. The third-order valence-electron chi connectivity index (χ3n) is 4.49. The first-order valence-corrected chi connectivity index (χ1v) is 8.91. The molecule has 0 bridgehead atoms. The van der Waals surface area contributed by atoms with Gasteiger partial charge in [0.15, 0.2) is 0 Å². The fourth-order valence-electron chi connectivity index (χ4n) is 3.19. The molecule has 1 aromatic heterocycles. The number of fused-ring (bicyclic) bond motifs is 1. The van der Waals surface area contributed by atoms with Crippen molar-refractivity contribution in [2.75, 3.05) is 13.7 Å². The lowest BCUT2D eigenvalue weighted by molar-refractivity contribution is -0.140. The van der Waals surface area contributed by atoms with Gasteiger partial charge in [-0.15, -0.1) is 0 Å². The van der Waals surface area contributed by atoms with E-state index in [2.05, 4.69) is 0 Å². The van der Waals surface area contributed by atoms with Crippen LogP contribution >= 0.6 is 11.6 Å². The number of rotatable bonds is 5. The van der Waals surface area contributed by atoms with Crippen molar-refractivity contribution in [2.24, 2.45) is 0 Å². The maximum absolute atomic E-state index is 13.1. The summed E-state index contributed by atoms with van der Waals surface area (Å²) in [4.78, 5) is 24.2. The average Bonchev–Trinajstić information content (AvgIpc) is 2.92. The van der Waals surface area contributed by atoms with E-state index < -0.39 is 0 Å². The number of esters is 1. The molecule has 3 aromatic rings. The second-order valence-corrected chi connectivity index (χ2v) is 6.62. The number of aromatic nitrogens is 1. The van der Waals surface area contributed by atoms with E-state index in [0.717, 1.165) is 22.2 Å². The molecule has 0 atom stereocenters. The summed E-state index contributed by atoms with van der Waals surface area (Å²) in [6.07, 6.45) is 0.510. The predicted molar refractivity (Wildman–Crippen MR) is 105 cm³/mol. The molecular weight excluding hydrogens is 366 g/mol. The van der Waals surface area contributed by atoms with E-state index in [9.17, 15) is 9.59 Å². The fraction of sp³-hybridized carbons (Fsp3) is 0.238. The first-order chi connectivity index (χ1) is 12.9. The van der Waals surface area contributed by atoms with Crippen molar-refractivity contribution in [1.29, 1.82) is 0 Å². The van der Waals surface area contributed by atoms with Crippen LogP contribution in [0.5, 0.6) is 5.75 Å². The van der Waals surface area contributed by atoms with Crippen molar-refractivity contribution in [3.05, 3.63) is 64.3 Å². The number of carbonyl (C=O) groups is 2. The fourth-order valence-corrected chi connectivity index (χ4v) is 3.31. The van der Waals surface area contributed by atoms with Gasteiger partial charge in [0.1, 0.15) is 5.75 Å². The molecule has 1 heterocycles. The third-order valence-corrected chi connectivity index (χ3v) is 4.75. The van der Waals surface area contributed by atoms with Gasteiger partial charge in [-0.25, -0.2) is 0 Å². The summed E-state index contributed by atoms with van der Waals surface area (Å²) >= 11 is 5.94. The van der Waals surface area contributed by atoms with Gasteiger partial charge in [-0.3, -0.25) is 14.2 Å². The Kier molecular flexibility index (Phi) is 5.51. The number of hydrogen-bond donors (Lipinski definition) is 0. The Morgan fingerprint density at radius 3 is 2.44 bits per heavy atom. The Bertz CT molecular complexity index is 1010. The van der Waals surface area contributed by atoms with Crippen molar-refractivity contribution in [1.82, 2.24) is 4.57 Å². The molecule has 0 saturated carbocycles. The quantitative estimate of drug-likeness (QED) is 0.610. The molecule has 0 radical (unpaired) electrons. The zero-order chi connectivity index (χ0) is 19.6. The van der Waals surface area contributed by atoms with Crippen molar-refractivity contribution < 1.29 is 19.1 Å². The maximum atomic E-state index is 13.1. The van der Waals surface area contributed by atoms with Gasteiger partial charge in [-0.2, -0.15) is 0 Å². The van der Waals surface area contributed by atoms with Crippen LogP contribution in [-0.2, 0) is 16.0 Å². The molecular formula is C21H20ClNO4. The molecule has 140 valence electrons. The van der Waals surface area contributed by atoms with E-state index in [1.165, 1.54) is 6.92 Å². The number of methoxy groups -OCH3 is 1. The molecule has 0 amide bonds. The minimum atomic E-state index is -0.328. The zero-order valence-electron chi connectivity index (χ0n) is 15.4. The van der Waals surface area contributed by atoms with E-state index in [0.29, 0.717) is 22.8 Å². The van der Waals surface area contributed by atoms with Gasteiger partial charge < -0.3 is 9.47 Å². The molecule has 0 saturated heterocycles. The second-order valence-electron chi connectivity index (χ2n) is 6.18. The molecule has 27 heavy (non-hydrogen) atoms. The Balaban J connectivity index is 2.11. The van der Waals surface area contributed by atoms with Gasteiger partial charge in [0, 0.05) is 35.0 Å². The highest BCUT2D eigenvalue weighted by atomic mass is 35.5. The van der Waals surface area contributed by atoms with Gasteiger partial charge >= 0.3 is 5.97 Å². The topological polar surface area (TPSA) is 57.5 Å². The van der Waals surface area contributed by atoms with Crippen LogP contribution in [0.3, 0.4) is 0 Å². The summed E-state index contributed by atoms with van der Waals surface area (Å²) in [7, 11) is 1.60. The van der Waals surface area contributed by atoms with Crippen LogP contribution < -0.4 is 4.74 Å². The summed E-state index contributed by atoms with van der Waals surface area (Å²) in [5, 5.41) is 1.48. The van der Waals surface area contributed by atoms with E-state index >= 15 is 0 Å². The standard InChI is InChI=1S/C21H20ClNO4/c1-13-18(10-11-27-14(2)24)19-12-17(26-3)8-9-20(19)23(13)21(25)15-4-6-16(22)7-5-15/h4-9,12H,10-11H2,1-3H3. The Morgan fingerprint density at radius 1 is 1.11 bits per heavy atom. The molecule has 0 fully saturated rings. The average molecular weight is 386 g/mol. The number of nitrogens with zero attached hydrogens (tertiary/aromatic N) is 1. The van der Waals surface area contributed by atoms with Gasteiger partial charge in [-0.1, -0.05) is 11.6 Å². The van der Waals surface area contributed by atoms with Crippen LogP contribution in [0.2, 0.25) is 5.02 Å². The zero-order valence-corrected chi connectivity index (χ0v) is 16.2. The van der Waals surface area contributed by atoms with Crippen LogP contribution in [0.1, 0.15) is 28.5 Å². The van der Waals surface area contributed by atoms with Crippen molar-refractivity contribution in [2.45, 2.75) is 20.3 Å².